The molecule has 1 aliphatic rings. The van der Waals surface area contributed by atoms with Crippen molar-refractivity contribution in [3.63, 3.8) is 0 Å². The maximum atomic E-state index is 6.12. The summed E-state index contributed by atoms with van der Waals surface area (Å²) >= 11 is 6.12. The fraction of sp³-hybridized carbons (Fsp3) is 0.273. The topological polar surface area (TPSA) is 54.2 Å². The van der Waals surface area contributed by atoms with Crippen molar-refractivity contribution < 1.29 is 0 Å². The summed E-state index contributed by atoms with van der Waals surface area (Å²) in [6.45, 7) is 1.47. The molecule has 2 N–H and O–H groups in total. The molecule has 1 aliphatic carbocycles. The lowest BCUT2D eigenvalue weighted by Gasteiger charge is -2.14. The normalized spacial score (nSPS) is 18.1. The van der Waals surface area contributed by atoms with E-state index in [1.54, 1.807) is 6.20 Å². The Labute approximate surface area is 193 Å². The molecule has 1 heterocycles. The third-order valence-corrected chi connectivity index (χ3v) is 5.30. The van der Waals surface area contributed by atoms with Gasteiger partial charge in [-0.15, -0.1) is 24.0 Å². The van der Waals surface area contributed by atoms with Crippen LogP contribution in [0.15, 0.2) is 72.0 Å². The van der Waals surface area contributed by atoms with Crippen LogP contribution >= 0.6 is 35.6 Å². The van der Waals surface area contributed by atoms with Gasteiger partial charge in [-0.05, 0) is 41.3 Å². The van der Waals surface area contributed by atoms with Crippen LogP contribution in [0, 0.1) is 0 Å². The summed E-state index contributed by atoms with van der Waals surface area (Å²) in [6.07, 6.45) is 4.88. The van der Waals surface area contributed by atoms with E-state index < -0.39 is 0 Å². The second-order valence-electron chi connectivity index (χ2n) is 7.05. The van der Waals surface area contributed by atoms with Crippen LogP contribution in [0.3, 0.4) is 0 Å². The molecule has 2 atom stereocenters. The van der Waals surface area contributed by atoms with Gasteiger partial charge >= 0.3 is 0 Å². The van der Waals surface area contributed by atoms with Gasteiger partial charge in [0.05, 0.1) is 6.54 Å². The van der Waals surface area contributed by atoms with Gasteiger partial charge < -0.3 is 10.6 Å². The molecule has 7 heteroatoms. The minimum Gasteiger partial charge on any atom is -0.353 e. The molecule has 0 bridgehead atoms. The van der Waals surface area contributed by atoms with E-state index in [1.165, 1.54) is 16.7 Å². The molecule has 3 aromatic rings. The molecule has 29 heavy (non-hydrogen) atoms. The fourth-order valence-corrected chi connectivity index (χ4v) is 3.66. The van der Waals surface area contributed by atoms with Gasteiger partial charge in [-0.25, -0.2) is 0 Å². The van der Waals surface area contributed by atoms with Gasteiger partial charge in [0.2, 0.25) is 0 Å². The smallest absolute Gasteiger partial charge is 0.191 e. The van der Waals surface area contributed by atoms with Gasteiger partial charge in [0.15, 0.2) is 5.96 Å². The summed E-state index contributed by atoms with van der Waals surface area (Å²) in [7, 11) is 1.81. The van der Waals surface area contributed by atoms with Crippen molar-refractivity contribution in [2.45, 2.75) is 31.5 Å². The Hall–Kier alpha value is -2.06. The molecule has 0 aliphatic heterocycles. The Bertz CT molecular complexity index is 957. The molecule has 2 aromatic carbocycles. The van der Waals surface area contributed by atoms with Crippen LogP contribution < -0.4 is 10.6 Å². The second kappa shape index (κ2) is 10.1. The molecule has 1 fully saturated rings. The number of aromatic nitrogens is 2. The van der Waals surface area contributed by atoms with E-state index in [9.17, 15) is 0 Å². The van der Waals surface area contributed by atoms with Crippen molar-refractivity contribution in [2.24, 2.45) is 4.99 Å². The van der Waals surface area contributed by atoms with E-state index in [-0.39, 0.29) is 24.0 Å². The highest BCUT2D eigenvalue weighted by atomic mass is 127. The Balaban J connectivity index is 0.00000240. The largest absolute Gasteiger partial charge is 0.353 e. The van der Waals surface area contributed by atoms with Crippen LogP contribution in [0.1, 0.15) is 29.0 Å². The molecular formula is C22H25ClIN5. The molecule has 1 aromatic heterocycles. The first-order chi connectivity index (χ1) is 13.7. The molecule has 0 spiro atoms. The zero-order valence-corrected chi connectivity index (χ0v) is 19.3. The number of nitrogens with one attached hydrogen (secondary N) is 2. The summed E-state index contributed by atoms with van der Waals surface area (Å²) in [5.41, 5.74) is 3.77. The van der Waals surface area contributed by atoms with Gasteiger partial charge in [0, 0.05) is 43.0 Å². The minimum absolute atomic E-state index is 0. The first kappa shape index (κ1) is 21.6. The van der Waals surface area contributed by atoms with Gasteiger partial charge in [-0.1, -0.05) is 48.0 Å². The van der Waals surface area contributed by atoms with Gasteiger partial charge in [0.1, 0.15) is 0 Å². The van der Waals surface area contributed by atoms with Crippen LogP contribution in [-0.2, 0) is 13.1 Å². The highest BCUT2D eigenvalue weighted by molar-refractivity contribution is 14.0. The summed E-state index contributed by atoms with van der Waals surface area (Å²) in [6, 6.07) is 18.9. The summed E-state index contributed by atoms with van der Waals surface area (Å²) in [5.74, 6) is 1.31. The van der Waals surface area contributed by atoms with Crippen molar-refractivity contribution in [1.29, 1.82) is 0 Å². The van der Waals surface area contributed by atoms with Crippen molar-refractivity contribution in [3.8, 4) is 0 Å². The number of halogens is 2. The molecule has 0 radical (unpaired) electrons. The minimum atomic E-state index is 0. The zero-order chi connectivity index (χ0) is 19.3. The molecule has 1 saturated carbocycles. The lowest BCUT2D eigenvalue weighted by atomic mass is 10.1. The van der Waals surface area contributed by atoms with Crippen molar-refractivity contribution in [1.82, 2.24) is 20.4 Å². The average Bonchev–Trinajstić information content (AvgIpc) is 3.29. The predicted molar refractivity (Wildman–Crippen MR) is 129 cm³/mol. The van der Waals surface area contributed by atoms with E-state index in [2.05, 4.69) is 57.1 Å². The molecule has 0 amide bonds. The first-order valence-corrected chi connectivity index (χ1v) is 9.87. The Morgan fingerprint density at radius 2 is 2.00 bits per heavy atom. The zero-order valence-electron chi connectivity index (χ0n) is 16.3. The lowest BCUT2D eigenvalue weighted by Crippen LogP contribution is -2.38. The molecule has 2 unspecified atom stereocenters. The van der Waals surface area contributed by atoms with E-state index in [0.29, 0.717) is 18.5 Å². The quantitative estimate of drug-likeness (QED) is 0.287. The molecule has 4 rings (SSSR count). The number of hydrogen-bond donors (Lipinski definition) is 2. The third-order valence-electron chi connectivity index (χ3n) is 5.07. The van der Waals surface area contributed by atoms with Crippen molar-refractivity contribution in [2.75, 3.05) is 7.05 Å². The van der Waals surface area contributed by atoms with Crippen LogP contribution in [-0.4, -0.2) is 28.8 Å². The second-order valence-corrected chi connectivity index (χ2v) is 7.48. The SMILES string of the molecule is CN=C(NCc1ccccc1Cn1cccn1)NC1CC1c1cccc(Cl)c1.I. The number of rotatable bonds is 6. The van der Waals surface area contributed by atoms with Crippen LogP contribution in [0.25, 0.3) is 0 Å². The number of nitrogens with zero attached hydrogens (tertiary/aromatic N) is 3. The number of aliphatic imine (C=N–C) groups is 1. The molecule has 5 nitrogen and oxygen atoms in total. The highest BCUT2D eigenvalue weighted by Crippen LogP contribution is 2.41. The molecule has 0 saturated heterocycles. The van der Waals surface area contributed by atoms with E-state index in [1.807, 2.05) is 36.1 Å². The highest BCUT2D eigenvalue weighted by Gasteiger charge is 2.39. The van der Waals surface area contributed by atoms with Crippen LogP contribution in [0.5, 0.6) is 0 Å². The summed E-state index contributed by atoms with van der Waals surface area (Å²) in [4.78, 5) is 4.39. The maximum Gasteiger partial charge on any atom is 0.191 e. The number of hydrogen-bond acceptors (Lipinski definition) is 2. The van der Waals surface area contributed by atoms with Gasteiger partial charge in [-0.2, -0.15) is 5.10 Å². The average molecular weight is 522 g/mol. The van der Waals surface area contributed by atoms with Crippen molar-refractivity contribution in [3.05, 3.63) is 88.7 Å². The van der Waals surface area contributed by atoms with E-state index >= 15 is 0 Å². The first-order valence-electron chi connectivity index (χ1n) is 9.50. The lowest BCUT2D eigenvalue weighted by molar-refractivity contribution is 0.677. The number of guanidine groups is 1. The Morgan fingerprint density at radius 3 is 2.72 bits per heavy atom. The molecule has 152 valence electrons. The summed E-state index contributed by atoms with van der Waals surface area (Å²) < 4.78 is 1.94. The standard InChI is InChI=1S/C22H24ClN5.HI/c1-24-22(27-21-13-20(21)16-8-4-9-19(23)12-16)25-14-17-6-2-3-7-18(17)15-28-11-5-10-26-28;/h2-12,20-21H,13-15H2,1H3,(H2,24,25,27);1H. The summed E-state index contributed by atoms with van der Waals surface area (Å²) in [5, 5.41) is 12.1. The number of benzene rings is 2. The third kappa shape index (κ3) is 5.73. The van der Waals surface area contributed by atoms with Crippen LogP contribution in [0.4, 0.5) is 0 Å². The van der Waals surface area contributed by atoms with Gasteiger partial charge in [0.25, 0.3) is 0 Å². The van der Waals surface area contributed by atoms with E-state index in [4.69, 9.17) is 11.6 Å². The predicted octanol–water partition coefficient (Wildman–Crippen LogP) is 4.42. The Morgan fingerprint density at radius 1 is 1.17 bits per heavy atom. The monoisotopic (exact) mass is 521 g/mol. The Kier molecular flexibility index (Phi) is 7.55. The fourth-order valence-electron chi connectivity index (χ4n) is 3.46. The van der Waals surface area contributed by atoms with Crippen molar-refractivity contribution >= 4 is 41.5 Å². The maximum absolute atomic E-state index is 6.12. The van der Waals surface area contributed by atoms with Gasteiger partial charge in [-0.3, -0.25) is 9.67 Å². The van der Waals surface area contributed by atoms with E-state index in [0.717, 1.165) is 23.9 Å². The molecular weight excluding hydrogens is 497 g/mol. The van der Waals surface area contributed by atoms with Crippen LogP contribution in [0.2, 0.25) is 5.02 Å².